The first-order chi connectivity index (χ1) is 8.18. The minimum atomic E-state index is -0.351. The first-order valence-corrected chi connectivity index (χ1v) is 5.40. The Morgan fingerprint density at radius 3 is 2.65 bits per heavy atom. The number of halogens is 1. The van der Waals surface area contributed by atoms with Gasteiger partial charge >= 0.3 is 0 Å². The van der Waals surface area contributed by atoms with Gasteiger partial charge in [0.2, 0.25) is 5.82 Å². The highest BCUT2D eigenvalue weighted by molar-refractivity contribution is 6.31. The molecule has 1 aromatic heterocycles. The van der Waals surface area contributed by atoms with E-state index in [0.29, 0.717) is 10.7 Å². The Morgan fingerprint density at radius 2 is 1.94 bits per heavy atom. The van der Waals surface area contributed by atoms with Crippen LogP contribution in [-0.2, 0) is 0 Å². The highest BCUT2D eigenvalue weighted by atomic mass is 35.5. The first kappa shape index (κ1) is 11.5. The topological polar surface area (TPSA) is 54.9 Å². The summed E-state index contributed by atoms with van der Waals surface area (Å²) in [5, 5.41) is 3.33. The Bertz CT molecular complexity index is 543. The van der Waals surface area contributed by atoms with Crippen LogP contribution in [0.1, 0.15) is 16.2 Å². The lowest BCUT2D eigenvalue weighted by molar-refractivity contribution is 0.101. The lowest BCUT2D eigenvalue weighted by Gasteiger charge is -2.08. The molecule has 1 heterocycles. The van der Waals surface area contributed by atoms with Gasteiger partial charge in [0.15, 0.2) is 0 Å². The minimum absolute atomic E-state index is 0.131. The smallest absolute Gasteiger partial charge is 0.293 e. The molecule has 0 bridgehead atoms. The van der Waals surface area contributed by atoms with Gasteiger partial charge in [-0.1, -0.05) is 17.7 Å². The molecule has 5 heteroatoms. The minimum Gasteiger partial charge on any atom is -0.319 e. The molecule has 1 aromatic carbocycles. The summed E-state index contributed by atoms with van der Waals surface area (Å²) in [6.45, 7) is 1.84. The lowest BCUT2D eigenvalue weighted by atomic mass is 10.2. The van der Waals surface area contributed by atoms with Gasteiger partial charge in [0.1, 0.15) is 0 Å². The molecular weight excluding hydrogens is 238 g/mol. The van der Waals surface area contributed by atoms with Gasteiger partial charge in [-0.15, -0.1) is 0 Å². The summed E-state index contributed by atoms with van der Waals surface area (Å²) >= 11 is 5.96. The number of anilines is 1. The second-order valence-electron chi connectivity index (χ2n) is 3.44. The van der Waals surface area contributed by atoms with Gasteiger partial charge in [0.25, 0.3) is 5.91 Å². The van der Waals surface area contributed by atoms with Gasteiger partial charge in [-0.3, -0.25) is 4.79 Å². The number of aromatic nitrogens is 2. The zero-order valence-electron chi connectivity index (χ0n) is 9.14. The SMILES string of the molecule is Cc1c(Cl)cccc1NC(=O)c1ncccn1. The van der Waals surface area contributed by atoms with E-state index in [1.807, 2.05) is 6.92 Å². The maximum Gasteiger partial charge on any atom is 0.293 e. The van der Waals surface area contributed by atoms with Crippen LogP contribution >= 0.6 is 11.6 Å². The molecule has 0 fully saturated rings. The number of hydrogen-bond acceptors (Lipinski definition) is 3. The quantitative estimate of drug-likeness (QED) is 0.888. The first-order valence-electron chi connectivity index (χ1n) is 5.02. The van der Waals surface area contributed by atoms with E-state index < -0.39 is 0 Å². The van der Waals surface area contributed by atoms with Gasteiger partial charge in [-0.25, -0.2) is 9.97 Å². The molecule has 2 rings (SSSR count). The third-order valence-corrected chi connectivity index (χ3v) is 2.69. The zero-order chi connectivity index (χ0) is 12.3. The molecule has 0 saturated heterocycles. The van der Waals surface area contributed by atoms with Gasteiger partial charge in [-0.05, 0) is 30.7 Å². The van der Waals surface area contributed by atoms with Crippen LogP contribution < -0.4 is 5.32 Å². The van der Waals surface area contributed by atoms with E-state index in [2.05, 4.69) is 15.3 Å². The zero-order valence-corrected chi connectivity index (χ0v) is 9.90. The molecule has 0 aliphatic carbocycles. The normalized spacial score (nSPS) is 10.0. The second-order valence-corrected chi connectivity index (χ2v) is 3.85. The molecule has 0 radical (unpaired) electrons. The molecule has 2 aromatic rings. The summed E-state index contributed by atoms with van der Waals surface area (Å²) in [6.07, 6.45) is 3.04. The molecule has 1 amide bonds. The van der Waals surface area contributed by atoms with Gasteiger partial charge in [0, 0.05) is 23.1 Å². The highest BCUT2D eigenvalue weighted by Gasteiger charge is 2.10. The van der Waals surface area contributed by atoms with Crippen molar-refractivity contribution in [2.45, 2.75) is 6.92 Å². The van der Waals surface area contributed by atoms with Gasteiger partial charge in [0.05, 0.1) is 0 Å². The van der Waals surface area contributed by atoms with E-state index in [4.69, 9.17) is 11.6 Å². The summed E-state index contributed by atoms with van der Waals surface area (Å²) in [7, 11) is 0. The molecule has 0 unspecified atom stereocenters. The van der Waals surface area contributed by atoms with Crippen molar-refractivity contribution >= 4 is 23.2 Å². The van der Waals surface area contributed by atoms with E-state index in [1.54, 1.807) is 24.3 Å². The fourth-order valence-corrected chi connectivity index (χ4v) is 1.51. The van der Waals surface area contributed by atoms with Crippen LogP contribution in [0.25, 0.3) is 0 Å². The van der Waals surface area contributed by atoms with E-state index >= 15 is 0 Å². The predicted octanol–water partition coefficient (Wildman–Crippen LogP) is 2.69. The van der Waals surface area contributed by atoms with Crippen molar-refractivity contribution in [3.05, 3.63) is 53.1 Å². The summed E-state index contributed by atoms with van der Waals surface area (Å²) < 4.78 is 0. The molecule has 1 N–H and O–H groups in total. The predicted molar refractivity (Wildman–Crippen MR) is 66.2 cm³/mol. The van der Waals surface area contributed by atoms with Crippen molar-refractivity contribution in [3.63, 3.8) is 0 Å². The number of nitrogens with one attached hydrogen (secondary N) is 1. The Balaban J connectivity index is 2.22. The molecule has 4 nitrogen and oxygen atoms in total. The number of amides is 1. The lowest BCUT2D eigenvalue weighted by Crippen LogP contribution is -2.15. The summed E-state index contributed by atoms with van der Waals surface area (Å²) in [6, 6.07) is 6.98. The molecule has 0 aliphatic heterocycles. The van der Waals surface area contributed by atoms with Crippen LogP contribution in [0.2, 0.25) is 5.02 Å². The maximum absolute atomic E-state index is 11.8. The fraction of sp³-hybridized carbons (Fsp3) is 0.0833. The van der Waals surface area contributed by atoms with E-state index in [9.17, 15) is 4.79 Å². The van der Waals surface area contributed by atoms with Gasteiger partial charge < -0.3 is 5.32 Å². The number of nitrogens with zero attached hydrogens (tertiary/aromatic N) is 2. The van der Waals surface area contributed by atoms with Crippen LogP contribution in [0.15, 0.2) is 36.7 Å². The Morgan fingerprint density at radius 1 is 1.24 bits per heavy atom. The third kappa shape index (κ3) is 2.60. The number of benzene rings is 1. The van der Waals surface area contributed by atoms with Crippen molar-refractivity contribution < 1.29 is 4.79 Å². The largest absolute Gasteiger partial charge is 0.319 e. The number of carbonyl (C=O) groups excluding carboxylic acids is 1. The summed E-state index contributed by atoms with van der Waals surface area (Å²) in [5.74, 6) is -0.220. The van der Waals surface area contributed by atoms with Crippen molar-refractivity contribution in [3.8, 4) is 0 Å². The highest BCUT2D eigenvalue weighted by Crippen LogP contribution is 2.23. The third-order valence-electron chi connectivity index (χ3n) is 2.28. The van der Waals surface area contributed by atoms with Crippen LogP contribution in [0.4, 0.5) is 5.69 Å². The molecule has 0 atom stereocenters. The summed E-state index contributed by atoms with van der Waals surface area (Å²) in [4.78, 5) is 19.5. The summed E-state index contributed by atoms with van der Waals surface area (Å²) in [5.41, 5.74) is 1.48. The van der Waals surface area contributed by atoms with E-state index in [0.717, 1.165) is 5.56 Å². The Hall–Kier alpha value is -1.94. The fourth-order valence-electron chi connectivity index (χ4n) is 1.34. The van der Waals surface area contributed by atoms with Crippen molar-refractivity contribution in [2.75, 3.05) is 5.32 Å². The molecule has 0 spiro atoms. The van der Waals surface area contributed by atoms with Crippen LogP contribution in [0.5, 0.6) is 0 Å². The maximum atomic E-state index is 11.8. The van der Waals surface area contributed by atoms with Crippen molar-refractivity contribution in [1.29, 1.82) is 0 Å². The number of rotatable bonds is 2. The van der Waals surface area contributed by atoms with E-state index in [1.165, 1.54) is 12.4 Å². The Kier molecular flexibility index (Phi) is 3.35. The Labute approximate surface area is 104 Å². The molecule has 17 heavy (non-hydrogen) atoms. The number of carbonyl (C=O) groups is 1. The molecule has 0 aliphatic rings. The standard InChI is InChI=1S/C12H10ClN3O/c1-8-9(13)4-2-5-10(8)16-12(17)11-14-6-3-7-15-11/h2-7H,1H3,(H,16,17). The van der Waals surface area contributed by atoms with Crippen LogP contribution in [0, 0.1) is 6.92 Å². The van der Waals surface area contributed by atoms with Crippen LogP contribution in [-0.4, -0.2) is 15.9 Å². The average Bonchev–Trinajstić information content (AvgIpc) is 2.36. The average molecular weight is 248 g/mol. The second kappa shape index (κ2) is 4.93. The number of hydrogen-bond donors (Lipinski definition) is 1. The monoisotopic (exact) mass is 247 g/mol. The molecular formula is C12H10ClN3O. The van der Waals surface area contributed by atoms with E-state index in [-0.39, 0.29) is 11.7 Å². The molecule has 0 saturated carbocycles. The van der Waals surface area contributed by atoms with Crippen molar-refractivity contribution in [2.24, 2.45) is 0 Å². The van der Waals surface area contributed by atoms with Crippen molar-refractivity contribution in [1.82, 2.24) is 9.97 Å². The van der Waals surface area contributed by atoms with Gasteiger partial charge in [-0.2, -0.15) is 0 Å². The van der Waals surface area contributed by atoms with Crippen LogP contribution in [0.3, 0.4) is 0 Å². The molecule has 86 valence electrons.